The summed E-state index contributed by atoms with van der Waals surface area (Å²) in [5.74, 6) is -7.50. The summed E-state index contributed by atoms with van der Waals surface area (Å²) in [4.78, 5) is 92.5. The number of aromatic nitrogens is 1. The zero-order chi connectivity index (χ0) is 61.5. The van der Waals surface area contributed by atoms with Crippen LogP contribution in [0.15, 0.2) is 60.2 Å². The van der Waals surface area contributed by atoms with Gasteiger partial charge >= 0.3 is 35.8 Å². The number of carbonyl (C=O) groups is 7. The molecule has 24 heteroatoms. The number of esters is 2. The first-order valence-corrected chi connectivity index (χ1v) is 27.7. The van der Waals surface area contributed by atoms with Crippen molar-refractivity contribution in [3.63, 3.8) is 0 Å². The molecular weight excluding hydrogens is 1080 g/mol. The highest BCUT2D eigenvalue weighted by molar-refractivity contribution is 5.94. The lowest BCUT2D eigenvalue weighted by Gasteiger charge is -2.64. The monoisotopic (exact) mass is 1160 g/mol. The van der Waals surface area contributed by atoms with E-state index in [1.165, 1.54) is 19.6 Å². The van der Waals surface area contributed by atoms with Crippen LogP contribution in [-0.2, 0) is 60.3 Å². The van der Waals surface area contributed by atoms with Crippen LogP contribution >= 0.6 is 0 Å². The molecule has 1 saturated carbocycles. The van der Waals surface area contributed by atoms with Crippen LogP contribution in [-0.4, -0.2) is 211 Å². The molecule has 1 saturated heterocycles. The number of benzene rings is 2. The second kappa shape index (κ2) is 24.3. The summed E-state index contributed by atoms with van der Waals surface area (Å²) in [6.45, 7) is 15.7. The van der Waals surface area contributed by atoms with Gasteiger partial charge in [-0.25, -0.2) is 19.2 Å². The van der Waals surface area contributed by atoms with Gasteiger partial charge in [-0.2, -0.15) is 0 Å². The van der Waals surface area contributed by atoms with Gasteiger partial charge in [-0.15, -0.1) is 0 Å². The number of ether oxygens (including phenoxy) is 3. The molecule has 6 aliphatic rings. The number of para-hydroxylation sites is 1. The first-order valence-electron chi connectivity index (χ1n) is 27.7. The number of nitrogens with one attached hydrogen (secondary N) is 2. The van der Waals surface area contributed by atoms with Gasteiger partial charge in [-0.3, -0.25) is 24.2 Å². The SMILES string of the molecule is CCC1=C[C@@H]2CN(CCc3c([nH]c4ccccc34)[C@@](C(=O)OC)(c3cc4c(cc3OC)N(C)[C@H]3[C@@](O)(CNC(=O)CC(C)(C)C)[C@H](OC(C)=O)[C@]5(CC)C=CCN6CC[C@]43[C@@H]65)C2)C1.O=C(O)C(O)C(O)C(=O)O.O=C(O)C(O)C(O)C(=O)O. The third-order valence-electron chi connectivity index (χ3n) is 17.5. The number of anilines is 1. The predicted octanol–water partition coefficient (Wildman–Crippen LogP) is 1.93. The molecule has 6 heterocycles. The maximum Gasteiger partial charge on any atom is 0.335 e. The second-order valence-corrected chi connectivity index (χ2v) is 23.8. The number of carbonyl (C=O) groups excluding carboxylic acids is 3. The fraction of sp³-hybridized carbons (Fsp3) is 0.576. The van der Waals surface area contributed by atoms with Gasteiger partial charge < -0.3 is 75.4 Å². The number of amides is 1. The highest BCUT2D eigenvalue weighted by Crippen LogP contribution is 2.68. The maximum atomic E-state index is 15.4. The molecule has 0 radical (unpaired) electrons. The van der Waals surface area contributed by atoms with Crippen molar-refractivity contribution in [1.29, 1.82) is 0 Å². The number of likely N-dealkylation sites (N-methyl/N-ethyl adjacent to an activating group) is 1. The van der Waals surface area contributed by atoms with Gasteiger partial charge in [0, 0.05) is 97.4 Å². The van der Waals surface area contributed by atoms with Crippen LogP contribution in [0.1, 0.15) is 96.0 Å². The Morgan fingerprint density at radius 1 is 0.855 bits per heavy atom. The van der Waals surface area contributed by atoms with Crippen LogP contribution < -0.4 is 15.0 Å². The molecule has 11 N–H and O–H groups in total. The highest BCUT2D eigenvalue weighted by Gasteiger charge is 2.78. The molecule has 83 heavy (non-hydrogen) atoms. The van der Waals surface area contributed by atoms with E-state index in [1.54, 1.807) is 7.11 Å². The number of aliphatic hydroxyl groups excluding tert-OH is 4. The number of H-pyrrole nitrogens is 1. The minimum absolute atomic E-state index is 0.0378. The summed E-state index contributed by atoms with van der Waals surface area (Å²) >= 11 is 0. The van der Waals surface area contributed by atoms with E-state index >= 15 is 4.79 Å². The van der Waals surface area contributed by atoms with Gasteiger partial charge in [0.25, 0.3) is 0 Å². The van der Waals surface area contributed by atoms with E-state index < -0.39 is 88.3 Å². The maximum absolute atomic E-state index is 15.4. The summed E-state index contributed by atoms with van der Waals surface area (Å²) in [5, 5.41) is 83.2. The molecule has 1 amide bonds. The molecule has 1 aromatic heterocycles. The number of nitrogens with zero attached hydrogens (tertiary/aromatic N) is 3. The van der Waals surface area contributed by atoms with Gasteiger partial charge in [0.2, 0.25) is 5.91 Å². The Morgan fingerprint density at radius 2 is 1.47 bits per heavy atom. The number of carboxylic acid groups (broad SMARTS) is 4. The number of aliphatic carboxylic acids is 4. The first kappa shape index (κ1) is 63.6. The quantitative estimate of drug-likeness (QED) is 0.0765. The number of aliphatic hydroxyl groups is 5. The van der Waals surface area contributed by atoms with E-state index in [0.29, 0.717) is 31.6 Å². The largest absolute Gasteiger partial charge is 0.496 e. The molecule has 1 spiro atoms. The molecule has 454 valence electrons. The standard InChI is InChI=1S/C51H67N5O7.2C4H6O6/c1-10-32-23-33-26-50(46(59)62-9,42-35(17-21-55(28-32)29-33)34-15-12-13-16-38(34)53-42)37-24-36-39(25-40(37)61-8)54(7)44-49(36)19-22-56-20-14-18-48(11-2,43(49)56)45(63-31(3)57)51(44,60)30-52-41(58)27-47(4,5)6;2*5-1(3(7)8)2(6)4(9)10/h12-16,18,23-25,33,43-45,53,60H,10-11,17,19-22,26-30H2,1-9H3,(H,52,58);2*1-2,5-6H,(H,7,8)(H,9,10)/t33-,43-,44+,45+,48+,49+,50-,51-;;/m0../s1. The van der Waals surface area contributed by atoms with Crippen molar-refractivity contribution < 1.29 is 93.7 Å². The van der Waals surface area contributed by atoms with Gasteiger partial charge in [0.1, 0.15) is 22.9 Å². The third-order valence-corrected chi connectivity index (χ3v) is 17.5. The predicted molar refractivity (Wildman–Crippen MR) is 299 cm³/mol. The first-order chi connectivity index (χ1) is 38.9. The number of fused-ring (bicyclic) bond motifs is 6. The minimum Gasteiger partial charge on any atom is -0.496 e. The normalized spacial score (nSPS) is 29.0. The number of aromatic amines is 1. The lowest BCUT2D eigenvalue weighted by Crippen LogP contribution is -2.81. The fourth-order valence-electron chi connectivity index (χ4n) is 14.3. The highest BCUT2D eigenvalue weighted by atomic mass is 16.6. The molecular formula is C59H79N5O19. The Hall–Kier alpha value is -6.93. The molecule has 2 bridgehead atoms. The number of methoxy groups -OCH3 is 2. The van der Waals surface area contributed by atoms with E-state index in [4.69, 9.17) is 55.1 Å². The van der Waals surface area contributed by atoms with Crippen molar-refractivity contribution in [2.24, 2.45) is 16.7 Å². The number of carboxylic acids is 4. The van der Waals surface area contributed by atoms with Crippen molar-refractivity contribution in [2.45, 2.75) is 139 Å². The Balaban J connectivity index is 0.000000422. The smallest absolute Gasteiger partial charge is 0.335 e. The van der Waals surface area contributed by atoms with Crippen LogP contribution in [0, 0.1) is 16.7 Å². The molecule has 24 nitrogen and oxygen atoms in total. The Labute approximate surface area is 480 Å². The minimum atomic E-state index is -2.27. The van der Waals surface area contributed by atoms with E-state index in [0.717, 1.165) is 78.0 Å². The molecule has 2 aromatic carbocycles. The average Bonchev–Trinajstić information content (AvgIpc) is 1.57. The van der Waals surface area contributed by atoms with Crippen molar-refractivity contribution in [3.8, 4) is 5.75 Å². The summed E-state index contributed by atoms with van der Waals surface area (Å²) in [6, 6.07) is 11.8. The van der Waals surface area contributed by atoms with Crippen molar-refractivity contribution in [2.75, 3.05) is 65.4 Å². The molecule has 1 aliphatic carbocycles. The fourth-order valence-corrected chi connectivity index (χ4v) is 14.3. The van der Waals surface area contributed by atoms with E-state index in [9.17, 15) is 33.9 Å². The Morgan fingerprint density at radius 3 is 2.01 bits per heavy atom. The molecule has 13 atom stereocenters. The van der Waals surface area contributed by atoms with Crippen molar-refractivity contribution in [3.05, 3.63) is 82.6 Å². The molecule has 5 unspecified atom stereocenters. The molecule has 3 aromatic rings. The Bertz CT molecular complexity index is 2990. The van der Waals surface area contributed by atoms with E-state index in [2.05, 4.69) is 87.4 Å². The van der Waals surface area contributed by atoms with Crippen LogP contribution in [0.4, 0.5) is 5.69 Å². The van der Waals surface area contributed by atoms with Crippen molar-refractivity contribution >= 4 is 58.3 Å². The molecule has 5 aliphatic heterocycles. The van der Waals surface area contributed by atoms with Gasteiger partial charge in [-0.05, 0) is 73.2 Å². The van der Waals surface area contributed by atoms with Crippen molar-refractivity contribution in [1.82, 2.24) is 20.1 Å². The van der Waals surface area contributed by atoms with Gasteiger partial charge in [0.15, 0.2) is 24.4 Å². The van der Waals surface area contributed by atoms with Crippen LogP contribution in [0.5, 0.6) is 5.75 Å². The van der Waals surface area contributed by atoms with Crippen LogP contribution in [0.2, 0.25) is 0 Å². The number of rotatable bonds is 15. The second-order valence-electron chi connectivity index (χ2n) is 23.8. The van der Waals surface area contributed by atoms with Crippen LogP contribution in [0.3, 0.4) is 0 Å². The van der Waals surface area contributed by atoms with Crippen LogP contribution in [0.25, 0.3) is 10.9 Å². The lowest BCUT2D eigenvalue weighted by molar-refractivity contribution is -0.217. The summed E-state index contributed by atoms with van der Waals surface area (Å²) < 4.78 is 18.9. The summed E-state index contributed by atoms with van der Waals surface area (Å²) in [7, 11) is 5.16. The third kappa shape index (κ3) is 11.5. The summed E-state index contributed by atoms with van der Waals surface area (Å²) in [5.41, 5.74) is 2.00. The zero-order valence-electron chi connectivity index (χ0n) is 48.2. The van der Waals surface area contributed by atoms with E-state index in [-0.39, 0.29) is 42.2 Å². The molecule has 2 fully saturated rings. The van der Waals surface area contributed by atoms with Gasteiger partial charge in [0.05, 0.1) is 26.8 Å². The number of hydrogen-bond acceptors (Lipinski definition) is 18. The zero-order valence-corrected chi connectivity index (χ0v) is 48.2. The summed E-state index contributed by atoms with van der Waals surface area (Å²) in [6.07, 6.45) is 0.361. The van der Waals surface area contributed by atoms with Gasteiger partial charge in [-0.1, -0.05) is 76.6 Å². The van der Waals surface area contributed by atoms with E-state index in [1.807, 2.05) is 33.9 Å². The Kier molecular flexibility index (Phi) is 18.7. The molecule has 9 rings (SSSR count). The number of hydrogen-bond donors (Lipinski definition) is 11. The lowest BCUT2D eigenvalue weighted by atomic mass is 9.47. The average molecular weight is 1160 g/mol. The topological polar surface area (TPSA) is 367 Å².